The summed E-state index contributed by atoms with van der Waals surface area (Å²) in [6.07, 6.45) is 1.24. The number of alkyl carbamates (subject to hydrolysis) is 1. The molecular weight excluding hydrogens is 256 g/mol. The largest absolute Gasteiger partial charge is 0.444 e. The lowest BCUT2D eigenvalue weighted by Crippen LogP contribution is -2.33. The van der Waals surface area contributed by atoms with Gasteiger partial charge in [0, 0.05) is 24.8 Å². The van der Waals surface area contributed by atoms with Crippen LogP contribution in [0.25, 0.3) is 0 Å². The second-order valence-corrected chi connectivity index (χ2v) is 5.79. The summed E-state index contributed by atoms with van der Waals surface area (Å²) < 4.78 is 6.88. The molecule has 0 saturated carbocycles. The van der Waals surface area contributed by atoms with Crippen molar-refractivity contribution in [2.75, 3.05) is 6.54 Å². The zero-order chi connectivity index (χ0) is 15.2. The molecule has 1 aromatic heterocycles. The molecule has 1 heterocycles. The van der Waals surface area contributed by atoms with Crippen LogP contribution in [0.3, 0.4) is 0 Å². The van der Waals surface area contributed by atoms with Crippen LogP contribution in [0, 0.1) is 6.92 Å². The number of aryl methyl sites for hydroxylation is 1. The predicted molar refractivity (Wildman–Crippen MR) is 78.9 cm³/mol. The van der Waals surface area contributed by atoms with E-state index in [1.54, 1.807) is 16.7 Å². The highest BCUT2D eigenvalue weighted by Crippen LogP contribution is 2.06. The van der Waals surface area contributed by atoms with Gasteiger partial charge in [-0.2, -0.15) is 0 Å². The normalized spacial score (nSPS) is 11.2. The van der Waals surface area contributed by atoms with Crippen LogP contribution in [-0.4, -0.2) is 22.8 Å². The molecule has 5 heteroatoms. The fraction of sp³-hybridized carbons (Fsp3) is 0.600. The van der Waals surface area contributed by atoms with Gasteiger partial charge in [-0.3, -0.25) is 4.79 Å². The van der Waals surface area contributed by atoms with E-state index in [1.165, 1.54) is 0 Å². The number of hydrogen-bond acceptors (Lipinski definition) is 3. The molecule has 1 N–H and O–H groups in total. The van der Waals surface area contributed by atoms with E-state index < -0.39 is 11.7 Å². The Balaban J connectivity index is 2.26. The van der Waals surface area contributed by atoms with Crippen LogP contribution in [-0.2, 0) is 11.3 Å². The molecule has 0 unspecified atom stereocenters. The van der Waals surface area contributed by atoms with Gasteiger partial charge in [0.25, 0.3) is 5.56 Å². The van der Waals surface area contributed by atoms with E-state index in [1.807, 2.05) is 33.8 Å². The molecule has 0 saturated heterocycles. The second-order valence-electron chi connectivity index (χ2n) is 5.79. The van der Waals surface area contributed by atoms with Crippen molar-refractivity contribution in [3.63, 3.8) is 0 Å². The first-order valence-electron chi connectivity index (χ1n) is 6.93. The molecule has 0 radical (unpaired) electrons. The van der Waals surface area contributed by atoms with Crippen LogP contribution in [0.1, 0.15) is 39.3 Å². The number of carbonyl (C=O) groups is 1. The molecule has 0 atom stereocenters. The maximum absolute atomic E-state index is 11.6. The molecular formula is C15H24N2O3. The maximum atomic E-state index is 11.6. The average molecular weight is 280 g/mol. The SMILES string of the molecule is Cc1cccc(=O)n1CCCCNC(=O)OC(C)(C)C. The lowest BCUT2D eigenvalue weighted by Gasteiger charge is -2.19. The molecule has 0 aliphatic carbocycles. The molecule has 20 heavy (non-hydrogen) atoms. The van der Waals surface area contributed by atoms with Gasteiger partial charge < -0.3 is 14.6 Å². The van der Waals surface area contributed by atoms with E-state index in [9.17, 15) is 9.59 Å². The summed E-state index contributed by atoms with van der Waals surface area (Å²) in [5.74, 6) is 0. The van der Waals surface area contributed by atoms with E-state index in [-0.39, 0.29) is 5.56 Å². The van der Waals surface area contributed by atoms with Crippen LogP contribution in [0.2, 0.25) is 0 Å². The number of nitrogens with zero attached hydrogens (tertiary/aromatic N) is 1. The third-order valence-corrected chi connectivity index (χ3v) is 2.74. The van der Waals surface area contributed by atoms with Crippen molar-refractivity contribution in [1.29, 1.82) is 0 Å². The summed E-state index contributed by atoms with van der Waals surface area (Å²) in [4.78, 5) is 23.1. The maximum Gasteiger partial charge on any atom is 0.407 e. The average Bonchev–Trinajstić information content (AvgIpc) is 2.29. The Morgan fingerprint density at radius 3 is 2.60 bits per heavy atom. The molecule has 1 rings (SSSR count). The molecule has 112 valence electrons. The van der Waals surface area contributed by atoms with Gasteiger partial charge in [0.2, 0.25) is 0 Å². The van der Waals surface area contributed by atoms with Gasteiger partial charge in [-0.05, 0) is 46.6 Å². The minimum absolute atomic E-state index is 0.0186. The number of unbranched alkanes of at least 4 members (excludes halogenated alkanes) is 1. The first-order chi connectivity index (χ1) is 9.29. The monoisotopic (exact) mass is 280 g/mol. The molecule has 0 aliphatic rings. The number of aromatic nitrogens is 1. The number of rotatable bonds is 5. The van der Waals surface area contributed by atoms with Crippen LogP contribution in [0.5, 0.6) is 0 Å². The van der Waals surface area contributed by atoms with Crippen molar-refractivity contribution in [2.24, 2.45) is 0 Å². The Labute approximate surface area is 119 Å². The van der Waals surface area contributed by atoms with Crippen molar-refractivity contribution in [2.45, 2.75) is 52.7 Å². The molecule has 0 spiro atoms. The highest BCUT2D eigenvalue weighted by molar-refractivity contribution is 5.67. The summed E-state index contributed by atoms with van der Waals surface area (Å²) >= 11 is 0. The van der Waals surface area contributed by atoms with Crippen molar-refractivity contribution in [1.82, 2.24) is 9.88 Å². The third kappa shape index (κ3) is 5.91. The Bertz CT molecular complexity index is 501. The number of hydrogen-bond donors (Lipinski definition) is 1. The molecule has 0 bridgehead atoms. The summed E-state index contributed by atoms with van der Waals surface area (Å²) in [6.45, 7) is 8.63. The number of carbonyl (C=O) groups excluding carboxylic acids is 1. The van der Waals surface area contributed by atoms with E-state index in [0.717, 1.165) is 18.5 Å². The Hall–Kier alpha value is -1.78. The molecule has 1 amide bonds. The highest BCUT2D eigenvalue weighted by atomic mass is 16.6. The Kier molecular flexibility index (Phi) is 5.80. The summed E-state index contributed by atoms with van der Waals surface area (Å²) in [5.41, 5.74) is 0.501. The number of amides is 1. The summed E-state index contributed by atoms with van der Waals surface area (Å²) in [5, 5.41) is 2.71. The zero-order valence-electron chi connectivity index (χ0n) is 12.7. The standard InChI is InChI=1S/C15H24N2O3/c1-12-8-7-9-13(18)17(12)11-6-5-10-16-14(19)20-15(2,3)4/h7-9H,5-6,10-11H2,1-4H3,(H,16,19). The quantitative estimate of drug-likeness (QED) is 0.843. The number of pyridine rings is 1. The summed E-state index contributed by atoms with van der Waals surface area (Å²) in [6, 6.07) is 5.24. The number of nitrogens with one attached hydrogen (secondary N) is 1. The van der Waals surface area contributed by atoms with Crippen LogP contribution in [0.4, 0.5) is 4.79 Å². The predicted octanol–water partition coefficient (Wildman–Crippen LogP) is 2.46. The van der Waals surface area contributed by atoms with Crippen LogP contribution in [0.15, 0.2) is 23.0 Å². The minimum atomic E-state index is -0.474. The minimum Gasteiger partial charge on any atom is -0.444 e. The van der Waals surface area contributed by atoms with Gasteiger partial charge in [-0.1, -0.05) is 6.07 Å². The van der Waals surface area contributed by atoms with E-state index in [4.69, 9.17) is 4.74 Å². The zero-order valence-corrected chi connectivity index (χ0v) is 12.7. The molecule has 1 aromatic rings. The molecule has 0 fully saturated rings. The van der Waals surface area contributed by atoms with Gasteiger partial charge in [0.15, 0.2) is 0 Å². The van der Waals surface area contributed by atoms with Crippen LogP contribution < -0.4 is 10.9 Å². The van der Waals surface area contributed by atoms with E-state index in [0.29, 0.717) is 13.1 Å². The molecule has 0 aromatic carbocycles. The van der Waals surface area contributed by atoms with Crippen LogP contribution >= 0.6 is 0 Å². The van der Waals surface area contributed by atoms with Gasteiger partial charge in [-0.15, -0.1) is 0 Å². The van der Waals surface area contributed by atoms with Crippen molar-refractivity contribution in [3.8, 4) is 0 Å². The van der Waals surface area contributed by atoms with Gasteiger partial charge in [0.1, 0.15) is 5.60 Å². The molecule has 5 nitrogen and oxygen atoms in total. The lowest BCUT2D eigenvalue weighted by molar-refractivity contribution is 0.0527. The summed E-state index contributed by atoms with van der Waals surface area (Å²) in [7, 11) is 0. The highest BCUT2D eigenvalue weighted by Gasteiger charge is 2.15. The topological polar surface area (TPSA) is 60.3 Å². The fourth-order valence-corrected chi connectivity index (χ4v) is 1.81. The van der Waals surface area contributed by atoms with Crippen molar-refractivity contribution >= 4 is 6.09 Å². The molecule has 0 aliphatic heterocycles. The first-order valence-corrected chi connectivity index (χ1v) is 6.93. The van der Waals surface area contributed by atoms with Crippen molar-refractivity contribution < 1.29 is 9.53 Å². The Morgan fingerprint density at radius 2 is 2.00 bits per heavy atom. The van der Waals surface area contributed by atoms with Gasteiger partial charge in [-0.25, -0.2) is 4.79 Å². The lowest BCUT2D eigenvalue weighted by atomic mass is 10.2. The van der Waals surface area contributed by atoms with Gasteiger partial charge in [0.05, 0.1) is 0 Å². The first kappa shape index (κ1) is 16.3. The third-order valence-electron chi connectivity index (χ3n) is 2.74. The number of ether oxygens (including phenoxy) is 1. The van der Waals surface area contributed by atoms with E-state index in [2.05, 4.69) is 5.32 Å². The second kappa shape index (κ2) is 7.12. The van der Waals surface area contributed by atoms with Crippen molar-refractivity contribution in [3.05, 3.63) is 34.2 Å². The smallest absolute Gasteiger partial charge is 0.407 e. The Morgan fingerprint density at radius 1 is 1.30 bits per heavy atom. The van der Waals surface area contributed by atoms with Gasteiger partial charge >= 0.3 is 6.09 Å². The fourth-order valence-electron chi connectivity index (χ4n) is 1.81. The van der Waals surface area contributed by atoms with E-state index >= 15 is 0 Å².